The fourth-order valence-electron chi connectivity index (χ4n) is 2.45. The van der Waals surface area contributed by atoms with Crippen molar-refractivity contribution < 1.29 is 9.53 Å². The van der Waals surface area contributed by atoms with Crippen molar-refractivity contribution in [3.05, 3.63) is 71.3 Å². The van der Waals surface area contributed by atoms with Gasteiger partial charge in [-0.2, -0.15) is 0 Å². The Balaban J connectivity index is 1.81. The molecule has 0 fully saturated rings. The first kappa shape index (κ1) is 12.7. The van der Waals surface area contributed by atoms with E-state index in [4.69, 9.17) is 4.74 Å². The van der Waals surface area contributed by atoms with Crippen LogP contribution in [-0.4, -0.2) is 5.97 Å². The third-order valence-electron chi connectivity index (χ3n) is 3.56. The number of rotatable bonds is 2. The SMILES string of the molecule is Cc1ccc(OC(=O)C2CC=Cc3ccccc32)cc1. The van der Waals surface area contributed by atoms with E-state index in [1.807, 2.05) is 61.5 Å². The average Bonchev–Trinajstić information content (AvgIpc) is 2.49. The van der Waals surface area contributed by atoms with Crippen LogP contribution in [0, 0.1) is 6.92 Å². The quantitative estimate of drug-likeness (QED) is 0.603. The molecule has 2 aromatic rings. The molecular weight excluding hydrogens is 248 g/mol. The molecule has 2 nitrogen and oxygen atoms in total. The normalized spacial score (nSPS) is 16.6. The molecule has 20 heavy (non-hydrogen) atoms. The van der Waals surface area contributed by atoms with Crippen molar-refractivity contribution in [2.45, 2.75) is 19.3 Å². The van der Waals surface area contributed by atoms with E-state index >= 15 is 0 Å². The van der Waals surface area contributed by atoms with E-state index in [-0.39, 0.29) is 11.9 Å². The second-order valence-electron chi connectivity index (χ2n) is 5.05. The van der Waals surface area contributed by atoms with Gasteiger partial charge in [0.25, 0.3) is 0 Å². The summed E-state index contributed by atoms with van der Waals surface area (Å²) in [5.74, 6) is 0.204. The Kier molecular flexibility index (Phi) is 3.38. The third kappa shape index (κ3) is 2.50. The molecule has 0 heterocycles. The number of esters is 1. The molecule has 2 heteroatoms. The molecule has 0 aliphatic heterocycles. The number of carbonyl (C=O) groups is 1. The molecule has 0 saturated heterocycles. The van der Waals surface area contributed by atoms with E-state index in [9.17, 15) is 4.79 Å². The zero-order valence-corrected chi connectivity index (χ0v) is 11.4. The number of allylic oxidation sites excluding steroid dienone is 1. The Labute approximate surface area is 118 Å². The maximum Gasteiger partial charge on any atom is 0.319 e. The van der Waals surface area contributed by atoms with Crippen molar-refractivity contribution in [1.82, 2.24) is 0 Å². The summed E-state index contributed by atoms with van der Waals surface area (Å²) >= 11 is 0. The Morgan fingerprint density at radius 3 is 2.65 bits per heavy atom. The number of benzene rings is 2. The van der Waals surface area contributed by atoms with Crippen molar-refractivity contribution in [3.63, 3.8) is 0 Å². The van der Waals surface area contributed by atoms with Gasteiger partial charge in [0, 0.05) is 0 Å². The molecule has 1 aliphatic rings. The van der Waals surface area contributed by atoms with Gasteiger partial charge >= 0.3 is 5.97 Å². The minimum Gasteiger partial charge on any atom is -0.426 e. The zero-order chi connectivity index (χ0) is 13.9. The van der Waals surface area contributed by atoms with E-state index < -0.39 is 0 Å². The first-order valence-electron chi connectivity index (χ1n) is 6.78. The third-order valence-corrected chi connectivity index (χ3v) is 3.56. The molecule has 0 bridgehead atoms. The Bertz CT molecular complexity index is 653. The van der Waals surface area contributed by atoms with Gasteiger partial charge < -0.3 is 4.74 Å². The van der Waals surface area contributed by atoms with Crippen LogP contribution >= 0.6 is 0 Å². The van der Waals surface area contributed by atoms with Crippen molar-refractivity contribution in [2.75, 3.05) is 0 Å². The summed E-state index contributed by atoms with van der Waals surface area (Å²) in [7, 11) is 0. The van der Waals surface area contributed by atoms with Gasteiger partial charge in [-0.3, -0.25) is 4.79 Å². The molecule has 0 saturated carbocycles. The Hall–Kier alpha value is -2.35. The second-order valence-corrected chi connectivity index (χ2v) is 5.05. The molecule has 1 aliphatic carbocycles. The summed E-state index contributed by atoms with van der Waals surface area (Å²) in [6, 6.07) is 15.5. The highest BCUT2D eigenvalue weighted by Gasteiger charge is 2.25. The summed E-state index contributed by atoms with van der Waals surface area (Å²) in [6.07, 6.45) is 4.79. The fourth-order valence-corrected chi connectivity index (χ4v) is 2.45. The summed E-state index contributed by atoms with van der Waals surface area (Å²) in [6.45, 7) is 2.01. The van der Waals surface area contributed by atoms with Crippen LogP contribution in [0.3, 0.4) is 0 Å². The van der Waals surface area contributed by atoms with Crippen LogP contribution in [0.4, 0.5) is 0 Å². The number of ether oxygens (including phenoxy) is 1. The fraction of sp³-hybridized carbons (Fsp3) is 0.167. The second kappa shape index (κ2) is 5.33. The van der Waals surface area contributed by atoms with Gasteiger partial charge in [-0.15, -0.1) is 0 Å². The van der Waals surface area contributed by atoms with Gasteiger partial charge in [-0.1, -0.05) is 54.1 Å². The Morgan fingerprint density at radius 1 is 1.10 bits per heavy atom. The van der Waals surface area contributed by atoms with Crippen LogP contribution in [0.25, 0.3) is 6.08 Å². The molecule has 1 atom stereocenters. The van der Waals surface area contributed by atoms with Crippen molar-refractivity contribution in [3.8, 4) is 5.75 Å². The summed E-state index contributed by atoms with van der Waals surface area (Å²) in [5.41, 5.74) is 3.30. The zero-order valence-electron chi connectivity index (χ0n) is 11.4. The number of hydrogen-bond acceptors (Lipinski definition) is 2. The van der Waals surface area contributed by atoms with Gasteiger partial charge in [0.2, 0.25) is 0 Å². The number of aryl methyl sites for hydroxylation is 1. The number of carbonyl (C=O) groups excluding carboxylic acids is 1. The van der Waals surface area contributed by atoms with E-state index in [1.54, 1.807) is 0 Å². The maximum atomic E-state index is 12.4. The smallest absolute Gasteiger partial charge is 0.319 e. The standard InChI is InChI=1S/C18H16O2/c1-13-9-11-15(12-10-13)20-18(19)17-8-4-6-14-5-2-3-7-16(14)17/h2-7,9-12,17H,8H2,1H3. The van der Waals surface area contributed by atoms with Crippen LogP contribution in [-0.2, 0) is 4.79 Å². The predicted octanol–water partition coefficient (Wildman–Crippen LogP) is 4.10. The van der Waals surface area contributed by atoms with Crippen molar-refractivity contribution in [2.24, 2.45) is 0 Å². The van der Waals surface area contributed by atoms with Crippen LogP contribution in [0.5, 0.6) is 5.75 Å². The molecule has 0 aromatic heterocycles. The average molecular weight is 264 g/mol. The van der Waals surface area contributed by atoms with Crippen LogP contribution < -0.4 is 4.74 Å². The Morgan fingerprint density at radius 2 is 1.85 bits per heavy atom. The first-order valence-corrected chi connectivity index (χ1v) is 6.78. The van der Waals surface area contributed by atoms with Crippen molar-refractivity contribution >= 4 is 12.0 Å². The molecule has 0 amide bonds. The first-order chi connectivity index (χ1) is 9.74. The number of hydrogen-bond donors (Lipinski definition) is 0. The highest BCUT2D eigenvalue weighted by atomic mass is 16.5. The van der Waals surface area contributed by atoms with Gasteiger partial charge in [0.1, 0.15) is 5.75 Å². The molecular formula is C18H16O2. The maximum absolute atomic E-state index is 12.4. The minimum atomic E-state index is -0.211. The molecule has 3 rings (SSSR count). The van der Waals surface area contributed by atoms with Crippen molar-refractivity contribution in [1.29, 1.82) is 0 Å². The molecule has 0 radical (unpaired) electrons. The highest BCUT2D eigenvalue weighted by molar-refractivity contribution is 5.83. The van der Waals surface area contributed by atoms with E-state index in [0.29, 0.717) is 12.2 Å². The lowest BCUT2D eigenvalue weighted by atomic mass is 9.87. The van der Waals surface area contributed by atoms with Crippen LogP contribution in [0.15, 0.2) is 54.6 Å². The number of fused-ring (bicyclic) bond motifs is 1. The van der Waals surface area contributed by atoms with E-state index in [2.05, 4.69) is 6.08 Å². The molecule has 2 aromatic carbocycles. The molecule has 100 valence electrons. The molecule has 0 N–H and O–H groups in total. The molecule has 0 spiro atoms. The van der Waals surface area contributed by atoms with E-state index in [0.717, 1.165) is 16.7 Å². The van der Waals surface area contributed by atoms with Crippen LogP contribution in [0.1, 0.15) is 29.0 Å². The summed E-state index contributed by atoms with van der Waals surface area (Å²) in [5, 5.41) is 0. The monoisotopic (exact) mass is 264 g/mol. The lowest BCUT2D eigenvalue weighted by molar-refractivity contribution is -0.136. The van der Waals surface area contributed by atoms with Gasteiger partial charge in [-0.05, 0) is 36.6 Å². The molecule has 1 unspecified atom stereocenters. The minimum absolute atomic E-state index is 0.189. The lowest BCUT2D eigenvalue weighted by Crippen LogP contribution is -2.20. The van der Waals surface area contributed by atoms with E-state index in [1.165, 1.54) is 0 Å². The van der Waals surface area contributed by atoms with Gasteiger partial charge in [0.15, 0.2) is 0 Å². The topological polar surface area (TPSA) is 26.3 Å². The van der Waals surface area contributed by atoms with Gasteiger partial charge in [-0.25, -0.2) is 0 Å². The highest BCUT2D eigenvalue weighted by Crippen LogP contribution is 2.31. The summed E-state index contributed by atoms with van der Waals surface area (Å²) < 4.78 is 5.49. The van der Waals surface area contributed by atoms with Crippen LogP contribution in [0.2, 0.25) is 0 Å². The lowest BCUT2D eigenvalue weighted by Gasteiger charge is -2.20. The van der Waals surface area contributed by atoms with Gasteiger partial charge in [0.05, 0.1) is 5.92 Å². The largest absolute Gasteiger partial charge is 0.426 e. The summed E-state index contributed by atoms with van der Waals surface area (Å²) in [4.78, 5) is 12.4. The predicted molar refractivity (Wildman–Crippen MR) is 79.6 cm³/mol.